The third-order valence-electron chi connectivity index (χ3n) is 4.07. The molecule has 0 fully saturated rings. The molecule has 2 aromatic heterocycles. The molecule has 6 heteroatoms. The van der Waals surface area contributed by atoms with Crippen molar-refractivity contribution in [2.24, 2.45) is 0 Å². The van der Waals surface area contributed by atoms with Crippen LogP contribution in [0, 0.1) is 0 Å². The van der Waals surface area contributed by atoms with E-state index in [9.17, 15) is 0 Å². The molecule has 0 aliphatic carbocycles. The van der Waals surface area contributed by atoms with Gasteiger partial charge < -0.3 is 5.73 Å². The number of rotatable bonds is 4. The molecule has 2 heterocycles. The lowest BCUT2D eigenvalue weighted by atomic mass is 10.1. The summed E-state index contributed by atoms with van der Waals surface area (Å²) in [5.41, 5.74) is 11.1. The lowest BCUT2D eigenvalue weighted by Crippen LogP contribution is -2.01. The number of hydrogen-bond donors (Lipinski definition) is 1. The molecule has 0 aliphatic heterocycles. The van der Waals surface area contributed by atoms with E-state index >= 15 is 0 Å². The van der Waals surface area contributed by atoms with E-state index in [1.165, 1.54) is 16.9 Å². The van der Waals surface area contributed by atoms with Gasteiger partial charge in [0.2, 0.25) is 0 Å². The highest BCUT2D eigenvalue weighted by atomic mass is 32.1. The fourth-order valence-electron chi connectivity index (χ4n) is 2.63. The second-order valence-corrected chi connectivity index (χ2v) is 6.52. The zero-order chi connectivity index (χ0) is 17.2. The minimum absolute atomic E-state index is 0.494. The van der Waals surface area contributed by atoms with Gasteiger partial charge in [0.25, 0.3) is 0 Å². The maximum atomic E-state index is 6.26. The molecule has 0 saturated carbocycles. The highest BCUT2D eigenvalue weighted by Gasteiger charge is 2.16. The van der Waals surface area contributed by atoms with Crippen molar-refractivity contribution in [1.82, 2.24) is 20.0 Å². The number of para-hydroxylation sites is 1. The molecule has 4 aromatic rings. The number of nitrogens with zero attached hydrogens (tertiary/aromatic N) is 4. The molecule has 0 unspecified atom stereocenters. The van der Waals surface area contributed by atoms with Crippen LogP contribution >= 0.6 is 11.3 Å². The summed E-state index contributed by atoms with van der Waals surface area (Å²) < 4.78 is 1.63. The molecule has 124 valence electrons. The number of hydrogen-bond acceptors (Lipinski definition) is 5. The van der Waals surface area contributed by atoms with Gasteiger partial charge in [0.1, 0.15) is 5.01 Å². The number of nitrogens with two attached hydrogens (primary N) is 1. The first kappa shape index (κ1) is 15.5. The summed E-state index contributed by atoms with van der Waals surface area (Å²) in [5.74, 6) is 0.494. The fraction of sp³-hybridized carbons (Fsp3) is 0.105. The molecule has 2 aromatic carbocycles. The number of nitrogen functional groups attached to an aromatic ring is 1. The quantitative estimate of drug-likeness (QED) is 0.600. The molecule has 0 radical (unpaired) electrons. The van der Waals surface area contributed by atoms with Crippen molar-refractivity contribution < 1.29 is 0 Å². The number of benzene rings is 2. The Balaban J connectivity index is 1.67. The van der Waals surface area contributed by atoms with Crippen molar-refractivity contribution in [3.8, 4) is 27.6 Å². The molecular formula is C19H17N5S. The van der Waals surface area contributed by atoms with Crippen LogP contribution in [0.2, 0.25) is 0 Å². The number of aryl methyl sites for hydroxylation is 1. The molecule has 5 nitrogen and oxygen atoms in total. The molecule has 4 rings (SSSR count). The van der Waals surface area contributed by atoms with E-state index < -0.39 is 0 Å². The number of aromatic nitrogens is 4. The lowest BCUT2D eigenvalue weighted by molar-refractivity contribution is 0.810. The molecule has 0 spiro atoms. The third kappa shape index (κ3) is 2.92. The zero-order valence-corrected chi connectivity index (χ0v) is 14.6. The smallest absolute Gasteiger partial charge is 0.165 e. The summed E-state index contributed by atoms with van der Waals surface area (Å²) in [6.45, 7) is 2.15. The van der Waals surface area contributed by atoms with Gasteiger partial charge in [0.15, 0.2) is 11.5 Å². The molecule has 0 bridgehead atoms. The Morgan fingerprint density at radius 3 is 2.52 bits per heavy atom. The molecular weight excluding hydrogens is 330 g/mol. The van der Waals surface area contributed by atoms with Crippen molar-refractivity contribution in [2.45, 2.75) is 13.3 Å². The van der Waals surface area contributed by atoms with Crippen LogP contribution in [0.4, 0.5) is 5.82 Å². The van der Waals surface area contributed by atoms with Gasteiger partial charge in [-0.2, -0.15) is 4.68 Å². The summed E-state index contributed by atoms with van der Waals surface area (Å²) in [7, 11) is 0. The van der Waals surface area contributed by atoms with Gasteiger partial charge in [-0.1, -0.05) is 54.6 Å². The summed E-state index contributed by atoms with van der Waals surface area (Å²) in [6, 6.07) is 18.2. The van der Waals surface area contributed by atoms with Gasteiger partial charge in [0.05, 0.1) is 11.4 Å². The normalized spacial score (nSPS) is 10.9. The second-order valence-electron chi connectivity index (χ2n) is 5.66. The SMILES string of the molecule is CCc1ccc(-c2csc(-c3nnn(-c4ccccc4)c3N)n2)cc1. The lowest BCUT2D eigenvalue weighted by Gasteiger charge is -2.02. The minimum Gasteiger partial charge on any atom is -0.382 e. The standard InChI is InChI=1S/C19H17N5S/c1-2-13-8-10-14(11-9-13)16-12-25-19(21-16)17-18(20)24(23-22-17)15-6-4-3-5-7-15/h3-12H,2,20H2,1H3. The average molecular weight is 347 g/mol. The Morgan fingerprint density at radius 1 is 1.04 bits per heavy atom. The number of thiazole rings is 1. The molecule has 0 aliphatic rings. The Kier molecular flexibility index (Phi) is 4.03. The van der Waals surface area contributed by atoms with Crippen LogP contribution in [-0.4, -0.2) is 20.0 Å². The predicted octanol–water partition coefficient (Wildman–Crippen LogP) is 4.20. The van der Waals surface area contributed by atoms with Gasteiger partial charge in [-0.25, -0.2) is 4.98 Å². The number of anilines is 1. The fourth-order valence-corrected chi connectivity index (χ4v) is 3.45. The van der Waals surface area contributed by atoms with Crippen LogP contribution in [-0.2, 0) is 6.42 Å². The van der Waals surface area contributed by atoms with Crippen LogP contribution in [0.25, 0.3) is 27.6 Å². The molecule has 0 atom stereocenters. The van der Waals surface area contributed by atoms with Gasteiger partial charge in [-0.15, -0.1) is 16.4 Å². The first-order valence-corrected chi connectivity index (χ1v) is 8.96. The van der Waals surface area contributed by atoms with Crippen molar-refractivity contribution >= 4 is 17.2 Å². The second kappa shape index (κ2) is 6.49. The summed E-state index contributed by atoms with van der Waals surface area (Å²) in [6.07, 6.45) is 1.03. The first-order valence-electron chi connectivity index (χ1n) is 8.08. The van der Waals surface area contributed by atoms with Gasteiger partial charge in [-0.05, 0) is 24.1 Å². The average Bonchev–Trinajstić information content (AvgIpc) is 3.29. The third-order valence-corrected chi connectivity index (χ3v) is 4.92. The first-order chi connectivity index (χ1) is 12.3. The van der Waals surface area contributed by atoms with Crippen LogP contribution in [0.3, 0.4) is 0 Å². The highest BCUT2D eigenvalue weighted by Crippen LogP contribution is 2.31. The molecule has 0 saturated heterocycles. The van der Waals surface area contributed by atoms with Crippen LogP contribution in [0.1, 0.15) is 12.5 Å². The maximum Gasteiger partial charge on any atom is 0.165 e. The van der Waals surface area contributed by atoms with E-state index in [-0.39, 0.29) is 0 Å². The summed E-state index contributed by atoms with van der Waals surface area (Å²) >= 11 is 1.52. The van der Waals surface area contributed by atoms with Crippen molar-refractivity contribution in [2.75, 3.05) is 5.73 Å². The van der Waals surface area contributed by atoms with E-state index in [0.717, 1.165) is 28.4 Å². The van der Waals surface area contributed by atoms with Crippen molar-refractivity contribution in [1.29, 1.82) is 0 Å². The largest absolute Gasteiger partial charge is 0.382 e. The van der Waals surface area contributed by atoms with Crippen molar-refractivity contribution in [3.05, 3.63) is 65.5 Å². The summed E-state index contributed by atoms with van der Waals surface area (Å²) in [4.78, 5) is 4.70. The summed E-state index contributed by atoms with van der Waals surface area (Å²) in [5, 5.41) is 11.2. The molecule has 2 N–H and O–H groups in total. The molecule has 25 heavy (non-hydrogen) atoms. The molecule has 0 amide bonds. The van der Waals surface area contributed by atoms with E-state index in [2.05, 4.69) is 41.5 Å². The van der Waals surface area contributed by atoms with E-state index in [1.54, 1.807) is 4.68 Å². The zero-order valence-electron chi connectivity index (χ0n) is 13.8. The van der Waals surface area contributed by atoms with Crippen LogP contribution in [0.5, 0.6) is 0 Å². The topological polar surface area (TPSA) is 69.6 Å². The monoisotopic (exact) mass is 347 g/mol. The maximum absolute atomic E-state index is 6.26. The van der Waals surface area contributed by atoms with Gasteiger partial charge in [-0.3, -0.25) is 0 Å². The van der Waals surface area contributed by atoms with Gasteiger partial charge in [0, 0.05) is 10.9 Å². The van der Waals surface area contributed by atoms with Crippen LogP contribution < -0.4 is 5.73 Å². The van der Waals surface area contributed by atoms with Gasteiger partial charge >= 0.3 is 0 Å². The van der Waals surface area contributed by atoms with Crippen LogP contribution in [0.15, 0.2) is 60.0 Å². The Hall–Kier alpha value is -2.99. The van der Waals surface area contributed by atoms with E-state index in [4.69, 9.17) is 10.7 Å². The Bertz CT molecular complexity index is 986. The van der Waals surface area contributed by atoms with Crippen molar-refractivity contribution in [3.63, 3.8) is 0 Å². The Morgan fingerprint density at radius 2 is 1.80 bits per heavy atom. The highest BCUT2D eigenvalue weighted by molar-refractivity contribution is 7.13. The Labute approximate surface area is 149 Å². The van der Waals surface area contributed by atoms with E-state index in [0.29, 0.717) is 11.5 Å². The predicted molar refractivity (Wildman–Crippen MR) is 102 cm³/mol. The minimum atomic E-state index is 0.494. The van der Waals surface area contributed by atoms with E-state index in [1.807, 2.05) is 35.7 Å².